The number of hydrogen-bond acceptors (Lipinski definition) is 3. The minimum atomic E-state index is -4.29. The fraction of sp³-hybridized carbons (Fsp3) is 0.167. The molecule has 0 aliphatic carbocycles. The van der Waals surface area contributed by atoms with E-state index in [0.29, 0.717) is 0 Å². The molecule has 0 bridgehead atoms. The Bertz CT molecular complexity index is 494. The molecule has 0 amide bonds. The van der Waals surface area contributed by atoms with E-state index in [1.165, 1.54) is 0 Å². The van der Waals surface area contributed by atoms with Crippen LogP contribution in [-0.2, 0) is 9.05 Å². The van der Waals surface area contributed by atoms with Gasteiger partial charge in [-0.05, 0) is 37.9 Å². The minimum Gasteiger partial charge on any atom is -0.226 e. The van der Waals surface area contributed by atoms with Gasteiger partial charge in [-0.15, -0.1) is 0 Å². The number of halogens is 5. The summed E-state index contributed by atoms with van der Waals surface area (Å²) >= 11 is 5.83. The number of alkyl halides is 2. The second kappa shape index (κ2) is 4.60. The van der Waals surface area contributed by atoms with Crippen LogP contribution in [-0.4, -0.2) is 13.4 Å². The first kappa shape index (κ1) is 13.3. The van der Waals surface area contributed by atoms with E-state index in [9.17, 15) is 17.2 Å². The Balaban J connectivity index is 3.56. The molecule has 1 aromatic heterocycles. The summed E-state index contributed by atoms with van der Waals surface area (Å²) in [5.41, 5.74) is -0.736. The number of hydrogen-bond donors (Lipinski definition) is 0. The standard InChI is InChI=1S/C6H2Br2ClF2NO2S/c7-3-1-2(5(10)11)6(12-4(3)8)15(9,13)14/h1,5H. The molecule has 3 nitrogen and oxygen atoms in total. The minimum absolute atomic E-state index is 0.0890. The molecule has 84 valence electrons. The lowest BCUT2D eigenvalue weighted by Gasteiger charge is -2.06. The van der Waals surface area contributed by atoms with Gasteiger partial charge in [0.1, 0.15) is 4.60 Å². The zero-order valence-electron chi connectivity index (χ0n) is 6.72. The van der Waals surface area contributed by atoms with E-state index in [-0.39, 0.29) is 9.08 Å². The zero-order valence-corrected chi connectivity index (χ0v) is 11.5. The van der Waals surface area contributed by atoms with Gasteiger partial charge in [-0.3, -0.25) is 0 Å². The maximum atomic E-state index is 12.5. The van der Waals surface area contributed by atoms with Crippen LogP contribution in [0.2, 0.25) is 0 Å². The SMILES string of the molecule is O=S(=O)(Cl)c1nc(Br)c(Br)cc1C(F)F. The monoisotopic (exact) mass is 383 g/mol. The average molecular weight is 385 g/mol. The first-order valence-electron chi connectivity index (χ1n) is 3.32. The molecular weight excluding hydrogens is 383 g/mol. The van der Waals surface area contributed by atoms with Crippen molar-refractivity contribution in [1.82, 2.24) is 4.98 Å². The molecule has 0 radical (unpaired) electrons. The van der Waals surface area contributed by atoms with Crippen molar-refractivity contribution in [3.8, 4) is 0 Å². The number of pyridine rings is 1. The van der Waals surface area contributed by atoms with Crippen molar-refractivity contribution in [2.45, 2.75) is 11.5 Å². The molecule has 0 unspecified atom stereocenters. The third kappa shape index (κ3) is 3.08. The zero-order chi connectivity index (χ0) is 11.8. The molecule has 1 rings (SSSR count). The van der Waals surface area contributed by atoms with Crippen LogP contribution in [0.5, 0.6) is 0 Å². The van der Waals surface area contributed by atoms with Crippen LogP contribution in [0.25, 0.3) is 0 Å². The summed E-state index contributed by atoms with van der Waals surface area (Å²) in [6.45, 7) is 0. The molecule has 15 heavy (non-hydrogen) atoms. The van der Waals surface area contributed by atoms with E-state index in [1.807, 2.05) is 0 Å². The second-order valence-corrected chi connectivity index (χ2v) is 6.48. The second-order valence-electron chi connectivity index (χ2n) is 2.39. The molecule has 1 heterocycles. The van der Waals surface area contributed by atoms with Gasteiger partial charge in [0.05, 0.1) is 10.0 Å². The van der Waals surface area contributed by atoms with Gasteiger partial charge in [-0.25, -0.2) is 22.2 Å². The molecule has 0 spiro atoms. The maximum Gasteiger partial charge on any atom is 0.279 e. The predicted molar refractivity (Wildman–Crippen MR) is 57.6 cm³/mol. The fourth-order valence-corrected chi connectivity index (χ4v) is 2.56. The quantitative estimate of drug-likeness (QED) is 0.579. The van der Waals surface area contributed by atoms with Crippen molar-refractivity contribution in [3.63, 3.8) is 0 Å². The lowest BCUT2D eigenvalue weighted by Crippen LogP contribution is -2.03. The van der Waals surface area contributed by atoms with Crippen molar-refractivity contribution in [3.05, 3.63) is 20.7 Å². The van der Waals surface area contributed by atoms with E-state index in [4.69, 9.17) is 10.7 Å². The van der Waals surface area contributed by atoms with Crippen molar-refractivity contribution >= 4 is 51.6 Å². The highest BCUT2D eigenvalue weighted by Gasteiger charge is 2.25. The van der Waals surface area contributed by atoms with Crippen LogP contribution in [0.4, 0.5) is 8.78 Å². The van der Waals surface area contributed by atoms with E-state index in [2.05, 4.69) is 36.8 Å². The van der Waals surface area contributed by atoms with Gasteiger partial charge in [0, 0.05) is 10.7 Å². The molecule has 0 saturated carbocycles. The average Bonchev–Trinajstić information content (AvgIpc) is 2.06. The molecule has 0 aliphatic heterocycles. The topological polar surface area (TPSA) is 47.0 Å². The van der Waals surface area contributed by atoms with E-state index in [0.717, 1.165) is 6.07 Å². The molecule has 0 aliphatic rings. The van der Waals surface area contributed by atoms with Gasteiger partial charge >= 0.3 is 0 Å². The highest BCUT2D eigenvalue weighted by Crippen LogP contribution is 2.32. The van der Waals surface area contributed by atoms with Gasteiger partial charge in [-0.1, -0.05) is 0 Å². The first-order chi connectivity index (χ1) is 6.73. The van der Waals surface area contributed by atoms with Crippen LogP contribution >= 0.6 is 42.5 Å². The van der Waals surface area contributed by atoms with E-state index < -0.39 is 26.1 Å². The summed E-state index contributed by atoms with van der Waals surface area (Å²) in [4.78, 5) is 3.44. The Hall–Kier alpha value is 0.210. The molecule has 9 heteroatoms. The Morgan fingerprint density at radius 3 is 2.33 bits per heavy atom. The third-order valence-corrected chi connectivity index (χ3v) is 4.36. The van der Waals surface area contributed by atoms with E-state index >= 15 is 0 Å². The Kier molecular flexibility index (Phi) is 4.07. The maximum absolute atomic E-state index is 12.5. The Morgan fingerprint density at radius 1 is 1.40 bits per heavy atom. The van der Waals surface area contributed by atoms with Crippen LogP contribution in [0.15, 0.2) is 20.2 Å². The molecule has 0 fully saturated rings. The number of rotatable bonds is 2. The summed E-state index contributed by atoms with van der Waals surface area (Å²) in [6, 6.07) is 0.955. The molecule has 0 N–H and O–H groups in total. The summed E-state index contributed by atoms with van der Waals surface area (Å²) in [5, 5.41) is -0.839. The van der Waals surface area contributed by atoms with Crippen molar-refractivity contribution in [1.29, 1.82) is 0 Å². The highest BCUT2D eigenvalue weighted by molar-refractivity contribution is 9.13. The van der Waals surface area contributed by atoms with Gasteiger partial charge in [0.25, 0.3) is 15.5 Å². The lowest BCUT2D eigenvalue weighted by atomic mass is 10.3. The summed E-state index contributed by atoms with van der Waals surface area (Å²) in [6.07, 6.45) is -2.97. The van der Waals surface area contributed by atoms with Crippen LogP contribution < -0.4 is 0 Å². The predicted octanol–water partition coefficient (Wildman–Crippen LogP) is 3.47. The summed E-state index contributed by atoms with van der Waals surface area (Å²) in [5.74, 6) is 0. The highest BCUT2D eigenvalue weighted by atomic mass is 79.9. The normalized spacial score (nSPS) is 12.1. The largest absolute Gasteiger partial charge is 0.279 e. The van der Waals surface area contributed by atoms with Crippen LogP contribution in [0.1, 0.15) is 12.0 Å². The lowest BCUT2D eigenvalue weighted by molar-refractivity contribution is 0.147. The number of aromatic nitrogens is 1. The van der Waals surface area contributed by atoms with Gasteiger partial charge in [-0.2, -0.15) is 0 Å². The van der Waals surface area contributed by atoms with Crippen LogP contribution in [0.3, 0.4) is 0 Å². The summed E-state index contributed by atoms with van der Waals surface area (Å²) in [7, 11) is 0.685. The van der Waals surface area contributed by atoms with Crippen LogP contribution in [0, 0.1) is 0 Å². The van der Waals surface area contributed by atoms with Crippen molar-refractivity contribution < 1.29 is 17.2 Å². The fourth-order valence-electron chi connectivity index (χ4n) is 0.817. The first-order valence-corrected chi connectivity index (χ1v) is 7.21. The summed E-state index contributed by atoms with van der Waals surface area (Å²) < 4.78 is 47.2. The smallest absolute Gasteiger partial charge is 0.226 e. The van der Waals surface area contributed by atoms with Crippen molar-refractivity contribution in [2.24, 2.45) is 0 Å². The Labute approximate surface area is 106 Å². The van der Waals surface area contributed by atoms with Gasteiger partial charge in [0.15, 0.2) is 5.03 Å². The number of nitrogens with zero attached hydrogens (tertiary/aromatic N) is 1. The van der Waals surface area contributed by atoms with Crippen molar-refractivity contribution in [2.75, 3.05) is 0 Å². The molecule has 0 atom stereocenters. The molecular formula is C6H2Br2ClF2NO2S. The van der Waals surface area contributed by atoms with E-state index in [1.54, 1.807) is 0 Å². The van der Waals surface area contributed by atoms with Gasteiger partial charge < -0.3 is 0 Å². The molecule has 0 saturated heterocycles. The Morgan fingerprint density at radius 2 is 1.93 bits per heavy atom. The molecule has 1 aromatic rings. The third-order valence-electron chi connectivity index (χ3n) is 1.39. The molecule has 0 aromatic carbocycles. The van der Waals surface area contributed by atoms with Gasteiger partial charge in [0.2, 0.25) is 0 Å².